The van der Waals surface area contributed by atoms with E-state index in [-0.39, 0.29) is 17.8 Å². The molecule has 1 atom stereocenters. The van der Waals surface area contributed by atoms with Crippen LogP contribution in [0.15, 0.2) is 22.7 Å². The molecule has 1 unspecified atom stereocenters. The van der Waals surface area contributed by atoms with Gasteiger partial charge in [-0.25, -0.2) is 4.39 Å². The zero-order chi connectivity index (χ0) is 13.5. The van der Waals surface area contributed by atoms with Crippen LogP contribution in [0.2, 0.25) is 0 Å². The van der Waals surface area contributed by atoms with E-state index < -0.39 is 0 Å². The first-order valence-corrected chi connectivity index (χ1v) is 7.09. The van der Waals surface area contributed by atoms with E-state index >= 15 is 0 Å². The van der Waals surface area contributed by atoms with Gasteiger partial charge >= 0.3 is 0 Å². The zero-order valence-electron chi connectivity index (χ0n) is 10.8. The van der Waals surface area contributed by atoms with Crippen molar-refractivity contribution in [1.82, 2.24) is 5.32 Å². The lowest BCUT2D eigenvalue weighted by Crippen LogP contribution is -2.32. The summed E-state index contributed by atoms with van der Waals surface area (Å²) in [7, 11) is 0. The molecule has 1 aromatic rings. The molecule has 0 bridgehead atoms. The Bertz CT molecular complexity index is 409. The molecule has 0 fully saturated rings. The van der Waals surface area contributed by atoms with Gasteiger partial charge in [0, 0.05) is 11.6 Å². The predicted molar refractivity (Wildman–Crippen MR) is 75.2 cm³/mol. The topological polar surface area (TPSA) is 29.1 Å². The Hall–Kier alpha value is -0.900. The highest BCUT2D eigenvalue weighted by atomic mass is 79.9. The molecule has 0 aliphatic rings. The lowest BCUT2D eigenvalue weighted by molar-refractivity contribution is 0.0938. The van der Waals surface area contributed by atoms with E-state index in [2.05, 4.69) is 28.2 Å². The summed E-state index contributed by atoms with van der Waals surface area (Å²) in [5.74, 6) is -0.512. The van der Waals surface area contributed by atoms with Gasteiger partial charge in [-0.2, -0.15) is 0 Å². The number of carbonyl (C=O) groups is 1. The second kappa shape index (κ2) is 7.52. The highest BCUT2D eigenvalue weighted by molar-refractivity contribution is 9.10. The molecule has 4 heteroatoms. The van der Waals surface area contributed by atoms with Gasteiger partial charge in [0.2, 0.25) is 0 Å². The van der Waals surface area contributed by atoms with Crippen molar-refractivity contribution < 1.29 is 9.18 Å². The van der Waals surface area contributed by atoms with Crippen LogP contribution in [-0.2, 0) is 0 Å². The number of benzene rings is 1. The molecule has 1 aromatic carbocycles. The summed E-state index contributed by atoms with van der Waals surface area (Å²) in [6.45, 7) is 4.14. The molecule has 0 radical (unpaired) electrons. The summed E-state index contributed by atoms with van der Waals surface area (Å²) in [5, 5.41) is 2.92. The Morgan fingerprint density at radius 3 is 2.78 bits per heavy atom. The third-order valence-electron chi connectivity index (χ3n) is 2.80. The SMILES string of the molecule is CCCCCC(C)NC(=O)c1ccc(F)c(Br)c1. The third-order valence-corrected chi connectivity index (χ3v) is 3.41. The molecule has 100 valence electrons. The van der Waals surface area contributed by atoms with Crippen LogP contribution in [0.4, 0.5) is 4.39 Å². The monoisotopic (exact) mass is 315 g/mol. The summed E-state index contributed by atoms with van der Waals surface area (Å²) >= 11 is 3.08. The van der Waals surface area contributed by atoms with Gasteiger partial charge in [-0.3, -0.25) is 4.79 Å². The minimum Gasteiger partial charge on any atom is -0.350 e. The van der Waals surface area contributed by atoms with Crippen LogP contribution in [0.25, 0.3) is 0 Å². The van der Waals surface area contributed by atoms with Crippen LogP contribution in [-0.4, -0.2) is 11.9 Å². The number of amides is 1. The van der Waals surface area contributed by atoms with E-state index in [9.17, 15) is 9.18 Å². The molecule has 0 spiro atoms. The third kappa shape index (κ3) is 4.77. The molecule has 1 N–H and O–H groups in total. The average Bonchev–Trinajstić information content (AvgIpc) is 2.33. The lowest BCUT2D eigenvalue weighted by Gasteiger charge is -2.13. The fraction of sp³-hybridized carbons (Fsp3) is 0.500. The first-order chi connectivity index (χ1) is 8.54. The largest absolute Gasteiger partial charge is 0.350 e. The molecule has 0 aliphatic heterocycles. The Morgan fingerprint density at radius 2 is 2.17 bits per heavy atom. The van der Waals surface area contributed by atoms with Crippen molar-refractivity contribution in [2.75, 3.05) is 0 Å². The Balaban J connectivity index is 2.51. The fourth-order valence-corrected chi connectivity index (χ4v) is 2.10. The molecular weight excluding hydrogens is 297 g/mol. The number of nitrogens with one attached hydrogen (secondary N) is 1. The maximum atomic E-state index is 13.1. The molecule has 0 saturated carbocycles. The first kappa shape index (κ1) is 15.2. The van der Waals surface area contributed by atoms with Crippen molar-refractivity contribution in [1.29, 1.82) is 0 Å². The van der Waals surface area contributed by atoms with Gasteiger partial charge in [-0.15, -0.1) is 0 Å². The van der Waals surface area contributed by atoms with Crippen molar-refractivity contribution in [3.63, 3.8) is 0 Å². The molecule has 1 amide bonds. The van der Waals surface area contributed by atoms with Crippen molar-refractivity contribution in [2.45, 2.75) is 45.6 Å². The Kier molecular flexibility index (Phi) is 6.33. The van der Waals surface area contributed by atoms with Crippen molar-refractivity contribution in [3.05, 3.63) is 34.1 Å². The maximum absolute atomic E-state index is 13.1. The van der Waals surface area contributed by atoms with E-state index in [0.29, 0.717) is 10.0 Å². The second-order valence-corrected chi connectivity index (χ2v) is 5.35. The van der Waals surface area contributed by atoms with Gasteiger partial charge in [0.1, 0.15) is 5.82 Å². The molecule has 0 saturated heterocycles. The van der Waals surface area contributed by atoms with Crippen LogP contribution in [0.5, 0.6) is 0 Å². The number of hydrogen-bond donors (Lipinski definition) is 1. The minimum absolute atomic E-state index is 0.146. The van der Waals surface area contributed by atoms with Crippen LogP contribution in [0.1, 0.15) is 49.9 Å². The van der Waals surface area contributed by atoms with Gasteiger partial charge in [-0.05, 0) is 47.5 Å². The summed E-state index contributed by atoms with van der Waals surface area (Å²) in [6.07, 6.45) is 4.45. The Labute approximate surface area is 116 Å². The molecule has 1 rings (SSSR count). The van der Waals surface area contributed by atoms with Crippen molar-refractivity contribution in [2.24, 2.45) is 0 Å². The molecule has 2 nitrogen and oxygen atoms in total. The predicted octanol–water partition coefficient (Wildman–Crippen LogP) is 4.29. The highest BCUT2D eigenvalue weighted by Gasteiger charge is 2.11. The van der Waals surface area contributed by atoms with Crippen LogP contribution < -0.4 is 5.32 Å². The van der Waals surface area contributed by atoms with Gasteiger partial charge < -0.3 is 5.32 Å². The van der Waals surface area contributed by atoms with Crippen molar-refractivity contribution in [3.8, 4) is 0 Å². The van der Waals surface area contributed by atoms with Gasteiger partial charge in [-0.1, -0.05) is 26.2 Å². The molecule has 0 aliphatic carbocycles. The first-order valence-electron chi connectivity index (χ1n) is 6.30. The summed E-state index contributed by atoms with van der Waals surface area (Å²) in [6, 6.07) is 4.44. The lowest BCUT2D eigenvalue weighted by atomic mass is 10.1. The number of carbonyl (C=O) groups excluding carboxylic acids is 1. The van der Waals surface area contributed by atoms with E-state index in [1.165, 1.54) is 31.0 Å². The zero-order valence-corrected chi connectivity index (χ0v) is 12.4. The van der Waals surface area contributed by atoms with E-state index in [1.807, 2.05) is 6.92 Å². The number of hydrogen-bond acceptors (Lipinski definition) is 1. The van der Waals surface area contributed by atoms with Gasteiger partial charge in [0.15, 0.2) is 0 Å². The Morgan fingerprint density at radius 1 is 1.44 bits per heavy atom. The standard InChI is InChI=1S/C14H19BrFNO/c1-3-4-5-6-10(2)17-14(18)11-7-8-13(16)12(15)9-11/h7-10H,3-6H2,1-2H3,(H,17,18). The minimum atomic E-state index is -0.359. The summed E-state index contributed by atoms with van der Waals surface area (Å²) in [4.78, 5) is 11.9. The summed E-state index contributed by atoms with van der Waals surface area (Å²) in [5.41, 5.74) is 0.477. The number of rotatable bonds is 6. The molecule has 0 aromatic heterocycles. The average molecular weight is 316 g/mol. The quantitative estimate of drug-likeness (QED) is 0.780. The number of halogens is 2. The number of unbranched alkanes of at least 4 members (excludes halogenated alkanes) is 2. The smallest absolute Gasteiger partial charge is 0.251 e. The van der Waals surface area contributed by atoms with E-state index in [1.54, 1.807) is 0 Å². The van der Waals surface area contributed by atoms with Crippen molar-refractivity contribution >= 4 is 21.8 Å². The van der Waals surface area contributed by atoms with Gasteiger partial charge in [0.05, 0.1) is 4.47 Å². The molecule has 18 heavy (non-hydrogen) atoms. The van der Waals surface area contributed by atoms with E-state index in [4.69, 9.17) is 0 Å². The van der Waals surface area contributed by atoms with Gasteiger partial charge in [0.25, 0.3) is 5.91 Å². The summed E-state index contributed by atoms with van der Waals surface area (Å²) < 4.78 is 13.4. The van der Waals surface area contributed by atoms with Crippen LogP contribution in [0.3, 0.4) is 0 Å². The normalized spacial score (nSPS) is 12.2. The second-order valence-electron chi connectivity index (χ2n) is 4.50. The molecular formula is C14H19BrFNO. The van der Waals surface area contributed by atoms with Crippen LogP contribution in [0, 0.1) is 5.82 Å². The van der Waals surface area contributed by atoms with E-state index in [0.717, 1.165) is 12.8 Å². The van der Waals surface area contributed by atoms with Crippen LogP contribution >= 0.6 is 15.9 Å². The maximum Gasteiger partial charge on any atom is 0.251 e. The molecule has 0 heterocycles. The highest BCUT2D eigenvalue weighted by Crippen LogP contribution is 2.17. The fourth-order valence-electron chi connectivity index (χ4n) is 1.72.